The maximum Gasteiger partial charge on any atom is 0.413 e. The summed E-state index contributed by atoms with van der Waals surface area (Å²) in [6.45, 7) is 1.58. The smallest absolute Gasteiger partial charge is 0.202 e. The highest BCUT2D eigenvalue weighted by molar-refractivity contribution is 4.97. The van der Waals surface area contributed by atoms with E-state index in [1.165, 1.54) is 0 Å². The standard InChI is InChI=1S/C6H7F7N2/c1-3(2)4(7)14(12)5(8,9)6(10,11)15(4)13/h3H,1-2H3. The van der Waals surface area contributed by atoms with Crippen LogP contribution in [-0.2, 0) is 0 Å². The van der Waals surface area contributed by atoms with Crippen molar-refractivity contribution >= 4 is 0 Å². The maximum absolute atomic E-state index is 13.4. The summed E-state index contributed by atoms with van der Waals surface area (Å²) in [6, 6.07) is -11.1. The molecule has 2 nitrogen and oxygen atoms in total. The van der Waals surface area contributed by atoms with Gasteiger partial charge in [-0.1, -0.05) is 13.8 Å². The van der Waals surface area contributed by atoms with Crippen molar-refractivity contribution in [3.8, 4) is 0 Å². The summed E-state index contributed by atoms with van der Waals surface area (Å²) in [4.78, 5) is 0. The summed E-state index contributed by atoms with van der Waals surface area (Å²) in [5, 5.41) is -4.19. The van der Waals surface area contributed by atoms with E-state index in [0.29, 0.717) is 0 Å². The molecule has 0 aromatic rings. The summed E-state index contributed by atoms with van der Waals surface area (Å²) in [6.07, 6.45) is 0. The summed E-state index contributed by atoms with van der Waals surface area (Å²) in [7, 11) is 0. The first-order chi connectivity index (χ1) is 6.50. The minimum Gasteiger partial charge on any atom is -0.202 e. The summed E-state index contributed by atoms with van der Waals surface area (Å²) < 4.78 is 88.7. The molecule has 1 heterocycles. The lowest BCUT2D eigenvalue weighted by Gasteiger charge is -2.29. The molecule has 0 N–H and O–H groups in total. The Morgan fingerprint density at radius 3 is 1.20 bits per heavy atom. The predicted octanol–water partition coefficient (Wildman–Crippen LogP) is 2.84. The van der Waals surface area contributed by atoms with Gasteiger partial charge in [0.2, 0.25) is 0 Å². The number of hydrogen-bond donors (Lipinski definition) is 0. The lowest BCUT2D eigenvalue weighted by atomic mass is 10.1. The predicted molar refractivity (Wildman–Crippen MR) is 34.5 cm³/mol. The molecular weight excluding hydrogens is 233 g/mol. The van der Waals surface area contributed by atoms with Gasteiger partial charge < -0.3 is 0 Å². The van der Waals surface area contributed by atoms with E-state index in [1.54, 1.807) is 0 Å². The molecular formula is C6H7F7N2. The van der Waals surface area contributed by atoms with Crippen molar-refractivity contribution in [2.24, 2.45) is 5.92 Å². The highest BCUT2D eigenvalue weighted by Crippen LogP contribution is 2.56. The molecule has 0 aliphatic carbocycles. The number of halogens is 7. The van der Waals surface area contributed by atoms with Crippen LogP contribution in [0.2, 0.25) is 0 Å². The van der Waals surface area contributed by atoms with Gasteiger partial charge in [0.05, 0.1) is 0 Å². The van der Waals surface area contributed by atoms with Crippen LogP contribution in [0, 0.1) is 5.92 Å². The van der Waals surface area contributed by atoms with Gasteiger partial charge in [-0.05, 0) is 10.2 Å². The molecule has 1 aliphatic heterocycles. The molecule has 9 heteroatoms. The first-order valence-corrected chi connectivity index (χ1v) is 3.87. The first-order valence-electron chi connectivity index (χ1n) is 3.87. The van der Waals surface area contributed by atoms with Crippen molar-refractivity contribution in [2.75, 3.05) is 0 Å². The minimum atomic E-state index is -5.55. The van der Waals surface area contributed by atoms with Gasteiger partial charge in [0.15, 0.2) is 0 Å². The van der Waals surface area contributed by atoms with Crippen LogP contribution in [-0.4, -0.2) is 28.3 Å². The molecule has 0 unspecified atom stereocenters. The third-order valence-corrected chi connectivity index (χ3v) is 2.14. The molecule has 1 aliphatic rings. The molecule has 0 atom stereocenters. The van der Waals surface area contributed by atoms with Crippen LogP contribution in [0.15, 0.2) is 0 Å². The average Bonchev–Trinajstić information content (AvgIpc) is 2.19. The Hall–Kier alpha value is -0.570. The van der Waals surface area contributed by atoms with E-state index in [4.69, 9.17) is 0 Å². The third-order valence-electron chi connectivity index (χ3n) is 2.14. The van der Waals surface area contributed by atoms with Gasteiger partial charge in [-0.3, -0.25) is 0 Å². The van der Waals surface area contributed by atoms with E-state index in [0.717, 1.165) is 13.8 Å². The van der Waals surface area contributed by atoms with E-state index in [9.17, 15) is 30.9 Å². The molecule has 0 radical (unpaired) electrons. The van der Waals surface area contributed by atoms with E-state index >= 15 is 0 Å². The van der Waals surface area contributed by atoms with Gasteiger partial charge in [0, 0.05) is 5.92 Å². The maximum atomic E-state index is 13.4. The second-order valence-electron chi connectivity index (χ2n) is 3.44. The quantitative estimate of drug-likeness (QED) is 0.395. The average molecular weight is 240 g/mol. The van der Waals surface area contributed by atoms with Crippen molar-refractivity contribution in [1.82, 2.24) is 10.2 Å². The van der Waals surface area contributed by atoms with Crippen molar-refractivity contribution < 1.29 is 30.9 Å². The Bertz CT molecular complexity index is 246. The summed E-state index contributed by atoms with van der Waals surface area (Å²) >= 11 is 0. The van der Waals surface area contributed by atoms with Gasteiger partial charge in [0.25, 0.3) is 5.92 Å². The van der Waals surface area contributed by atoms with E-state index in [1.807, 2.05) is 0 Å². The summed E-state index contributed by atoms with van der Waals surface area (Å²) in [5.41, 5.74) is 0. The monoisotopic (exact) mass is 240 g/mol. The van der Waals surface area contributed by atoms with Gasteiger partial charge in [0.1, 0.15) is 0 Å². The Labute approximate surface area is 80.1 Å². The van der Waals surface area contributed by atoms with Gasteiger partial charge >= 0.3 is 12.1 Å². The summed E-state index contributed by atoms with van der Waals surface area (Å²) in [5.74, 6) is -5.95. The van der Waals surface area contributed by atoms with E-state index < -0.39 is 34.2 Å². The second kappa shape index (κ2) is 2.97. The van der Waals surface area contributed by atoms with Crippen LogP contribution in [0.25, 0.3) is 0 Å². The van der Waals surface area contributed by atoms with E-state index in [-0.39, 0.29) is 0 Å². The molecule has 0 aromatic heterocycles. The largest absolute Gasteiger partial charge is 0.413 e. The Morgan fingerprint density at radius 2 is 1.07 bits per heavy atom. The van der Waals surface area contributed by atoms with E-state index in [2.05, 4.69) is 0 Å². The Kier molecular flexibility index (Phi) is 2.48. The topological polar surface area (TPSA) is 6.48 Å². The molecule has 15 heavy (non-hydrogen) atoms. The fourth-order valence-electron chi connectivity index (χ4n) is 1.16. The van der Waals surface area contributed by atoms with Crippen LogP contribution in [0.5, 0.6) is 0 Å². The minimum absolute atomic E-state index is 0.788. The van der Waals surface area contributed by atoms with Crippen LogP contribution in [0.3, 0.4) is 0 Å². The normalized spacial score (nSPS) is 30.0. The molecule has 1 saturated heterocycles. The lowest BCUT2D eigenvalue weighted by molar-refractivity contribution is -0.332. The van der Waals surface area contributed by atoms with Crippen molar-refractivity contribution in [2.45, 2.75) is 31.9 Å². The van der Waals surface area contributed by atoms with Crippen molar-refractivity contribution in [3.63, 3.8) is 0 Å². The number of alkyl halides is 5. The molecule has 1 rings (SSSR count). The van der Waals surface area contributed by atoms with Gasteiger partial charge in [-0.25, -0.2) is 4.39 Å². The molecule has 90 valence electrons. The zero-order valence-electron chi connectivity index (χ0n) is 7.62. The molecule has 0 bridgehead atoms. The number of rotatable bonds is 1. The van der Waals surface area contributed by atoms with Crippen molar-refractivity contribution in [3.05, 3.63) is 0 Å². The van der Waals surface area contributed by atoms with Crippen LogP contribution >= 0.6 is 0 Å². The van der Waals surface area contributed by atoms with Gasteiger partial charge in [-0.2, -0.15) is 17.6 Å². The lowest BCUT2D eigenvalue weighted by Crippen LogP contribution is -2.50. The Balaban J connectivity index is 3.28. The molecule has 0 aromatic carbocycles. The number of nitrogens with zero attached hydrogens (tertiary/aromatic N) is 2. The fourth-order valence-corrected chi connectivity index (χ4v) is 1.16. The van der Waals surface area contributed by atoms with Crippen LogP contribution < -0.4 is 0 Å². The SMILES string of the molecule is CC(C)C1(F)N(F)C(F)(F)C(F)(F)N1F. The Morgan fingerprint density at radius 1 is 0.800 bits per heavy atom. The molecule has 0 saturated carbocycles. The molecule has 1 fully saturated rings. The third kappa shape index (κ3) is 1.19. The van der Waals surface area contributed by atoms with Gasteiger partial charge in [-0.15, -0.1) is 8.96 Å². The van der Waals surface area contributed by atoms with Crippen molar-refractivity contribution in [1.29, 1.82) is 0 Å². The zero-order chi connectivity index (χ0) is 12.2. The van der Waals surface area contributed by atoms with Crippen LogP contribution in [0.4, 0.5) is 30.9 Å². The van der Waals surface area contributed by atoms with Crippen LogP contribution in [0.1, 0.15) is 13.8 Å². The second-order valence-corrected chi connectivity index (χ2v) is 3.44. The number of hydrogen-bond acceptors (Lipinski definition) is 2. The first kappa shape index (κ1) is 12.5. The molecule has 0 spiro atoms. The zero-order valence-corrected chi connectivity index (χ0v) is 7.62. The highest BCUT2D eigenvalue weighted by atomic mass is 19.3. The fraction of sp³-hybridized carbons (Fsp3) is 1.00. The molecule has 0 amide bonds. The highest BCUT2D eigenvalue weighted by Gasteiger charge is 2.83.